The maximum absolute atomic E-state index is 12.0. The Bertz CT molecular complexity index is 401. The van der Waals surface area contributed by atoms with Crippen LogP contribution in [0.25, 0.3) is 0 Å². The number of aliphatic hydroxyl groups is 1. The first kappa shape index (κ1) is 18.0. The molecule has 0 bridgehead atoms. The van der Waals surface area contributed by atoms with Gasteiger partial charge < -0.3 is 25.8 Å². The lowest BCUT2D eigenvalue weighted by Gasteiger charge is -2.36. The van der Waals surface area contributed by atoms with Crippen LogP contribution in [-0.4, -0.2) is 54.5 Å². The van der Waals surface area contributed by atoms with Gasteiger partial charge in [0.25, 0.3) is 0 Å². The van der Waals surface area contributed by atoms with Crippen molar-refractivity contribution in [3.05, 3.63) is 0 Å². The average molecular weight is 327 g/mol. The van der Waals surface area contributed by atoms with Crippen molar-refractivity contribution in [1.82, 2.24) is 16.0 Å². The summed E-state index contributed by atoms with van der Waals surface area (Å²) in [4.78, 5) is 23.7. The van der Waals surface area contributed by atoms with E-state index in [-0.39, 0.29) is 30.7 Å². The minimum Gasteiger partial charge on any atom is -0.394 e. The van der Waals surface area contributed by atoms with Gasteiger partial charge in [-0.3, -0.25) is 4.79 Å². The molecule has 2 rings (SSSR count). The first-order valence-corrected chi connectivity index (χ1v) is 8.72. The summed E-state index contributed by atoms with van der Waals surface area (Å²) in [6.45, 7) is 2.44. The molecule has 0 unspecified atom stereocenters. The van der Waals surface area contributed by atoms with Crippen LogP contribution in [0.4, 0.5) is 4.79 Å². The number of carbonyl (C=O) groups excluding carboxylic acids is 2. The summed E-state index contributed by atoms with van der Waals surface area (Å²) in [5.41, 5.74) is 0. The topological polar surface area (TPSA) is 99.7 Å². The molecule has 2 aliphatic rings. The zero-order chi connectivity index (χ0) is 16.7. The van der Waals surface area contributed by atoms with Crippen LogP contribution >= 0.6 is 0 Å². The van der Waals surface area contributed by atoms with E-state index in [9.17, 15) is 14.7 Å². The van der Waals surface area contributed by atoms with E-state index in [2.05, 4.69) is 16.0 Å². The van der Waals surface area contributed by atoms with Crippen LogP contribution in [0.5, 0.6) is 0 Å². The Kier molecular flexibility index (Phi) is 7.11. The van der Waals surface area contributed by atoms with Gasteiger partial charge in [0.15, 0.2) is 0 Å². The molecular weight excluding hydrogens is 298 g/mol. The van der Waals surface area contributed by atoms with Crippen molar-refractivity contribution in [2.75, 3.05) is 13.2 Å². The molecule has 23 heavy (non-hydrogen) atoms. The number of hydrogen-bond acceptors (Lipinski definition) is 4. The predicted octanol–water partition coefficient (Wildman–Crippen LogP) is 0.663. The fourth-order valence-electron chi connectivity index (χ4n) is 2.95. The molecule has 3 atom stereocenters. The van der Waals surface area contributed by atoms with Crippen LogP contribution in [0.15, 0.2) is 0 Å². The van der Waals surface area contributed by atoms with E-state index in [1.807, 2.05) is 6.92 Å². The molecule has 132 valence electrons. The van der Waals surface area contributed by atoms with Crippen molar-refractivity contribution in [3.63, 3.8) is 0 Å². The molecule has 0 radical (unpaired) electrons. The maximum Gasteiger partial charge on any atom is 0.315 e. The molecule has 7 nitrogen and oxygen atoms in total. The highest BCUT2D eigenvalue weighted by Gasteiger charge is 2.33. The van der Waals surface area contributed by atoms with Crippen LogP contribution in [0, 0.1) is 0 Å². The number of rotatable bonds is 7. The molecule has 0 aromatic heterocycles. The summed E-state index contributed by atoms with van der Waals surface area (Å²) in [5.74, 6) is 0.0171. The van der Waals surface area contributed by atoms with Gasteiger partial charge in [-0.25, -0.2) is 4.79 Å². The van der Waals surface area contributed by atoms with Crippen LogP contribution < -0.4 is 16.0 Å². The lowest BCUT2D eigenvalue weighted by atomic mass is 9.92. The number of ether oxygens (including phenoxy) is 1. The molecule has 4 N–H and O–H groups in total. The van der Waals surface area contributed by atoms with E-state index in [0.717, 1.165) is 19.3 Å². The first-order valence-electron chi connectivity index (χ1n) is 8.72. The Morgan fingerprint density at radius 3 is 2.57 bits per heavy atom. The molecule has 0 aromatic carbocycles. The molecule has 7 heteroatoms. The van der Waals surface area contributed by atoms with Crippen LogP contribution in [0.2, 0.25) is 0 Å². The van der Waals surface area contributed by atoms with Gasteiger partial charge in [-0.15, -0.1) is 0 Å². The van der Waals surface area contributed by atoms with Crippen molar-refractivity contribution >= 4 is 11.9 Å². The standard InChI is InChI=1S/C16H29N3O4/c1-2-8-17-16(22)19-13-7-6-12(23-14(13)10-20)9-15(21)18-11-4-3-5-11/h11-14,20H,2-10H2,1H3,(H,18,21)(H2,17,19,22)/t12-,13-,14-/m1/s1. The van der Waals surface area contributed by atoms with Gasteiger partial charge in [0.2, 0.25) is 5.91 Å². The van der Waals surface area contributed by atoms with Crippen molar-refractivity contribution in [2.24, 2.45) is 0 Å². The lowest BCUT2D eigenvalue weighted by Crippen LogP contribution is -2.54. The van der Waals surface area contributed by atoms with Crippen LogP contribution in [0.1, 0.15) is 51.9 Å². The number of amides is 3. The lowest BCUT2D eigenvalue weighted by molar-refractivity contribution is -0.131. The van der Waals surface area contributed by atoms with Gasteiger partial charge in [-0.1, -0.05) is 6.92 Å². The fraction of sp³-hybridized carbons (Fsp3) is 0.875. The maximum atomic E-state index is 12.0. The third-order valence-corrected chi connectivity index (χ3v) is 4.53. The zero-order valence-corrected chi connectivity index (χ0v) is 13.8. The van der Waals surface area contributed by atoms with Crippen molar-refractivity contribution < 1.29 is 19.4 Å². The summed E-state index contributed by atoms with van der Waals surface area (Å²) in [6.07, 6.45) is 5.26. The number of aliphatic hydroxyl groups excluding tert-OH is 1. The third kappa shape index (κ3) is 5.66. The summed E-state index contributed by atoms with van der Waals surface area (Å²) >= 11 is 0. The number of urea groups is 1. The summed E-state index contributed by atoms with van der Waals surface area (Å²) in [6, 6.07) is -0.126. The monoisotopic (exact) mass is 327 g/mol. The van der Waals surface area contributed by atoms with Crippen molar-refractivity contribution in [2.45, 2.75) is 76.2 Å². The van der Waals surface area contributed by atoms with Gasteiger partial charge in [-0.05, 0) is 38.5 Å². The third-order valence-electron chi connectivity index (χ3n) is 4.53. The Balaban J connectivity index is 1.73. The largest absolute Gasteiger partial charge is 0.394 e. The minimum absolute atomic E-state index is 0.0171. The molecular formula is C16H29N3O4. The molecule has 1 heterocycles. The van der Waals surface area contributed by atoms with Gasteiger partial charge in [0.1, 0.15) is 6.10 Å². The predicted molar refractivity (Wildman–Crippen MR) is 86.0 cm³/mol. The second-order valence-corrected chi connectivity index (χ2v) is 6.46. The Morgan fingerprint density at radius 2 is 1.96 bits per heavy atom. The normalized spacial score (nSPS) is 27.8. The first-order chi connectivity index (χ1) is 11.1. The molecule has 1 aliphatic heterocycles. The highest BCUT2D eigenvalue weighted by Crippen LogP contribution is 2.23. The number of hydrogen-bond donors (Lipinski definition) is 4. The van der Waals surface area contributed by atoms with E-state index in [1.165, 1.54) is 6.42 Å². The highest BCUT2D eigenvalue weighted by molar-refractivity contribution is 5.77. The Morgan fingerprint density at radius 1 is 1.17 bits per heavy atom. The van der Waals surface area contributed by atoms with E-state index < -0.39 is 6.10 Å². The van der Waals surface area contributed by atoms with Crippen molar-refractivity contribution in [3.8, 4) is 0 Å². The zero-order valence-electron chi connectivity index (χ0n) is 13.8. The van der Waals surface area contributed by atoms with Gasteiger partial charge in [0.05, 0.1) is 25.2 Å². The summed E-state index contributed by atoms with van der Waals surface area (Å²) in [7, 11) is 0. The molecule has 1 aliphatic carbocycles. The quantitative estimate of drug-likeness (QED) is 0.552. The SMILES string of the molecule is CCCNC(=O)N[C@@H]1CC[C@H](CC(=O)NC2CCC2)O[C@@H]1CO. The van der Waals surface area contributed by atoms with Gasteiger partial charge in [0, 0.05) is 12.6 Å². The smallest absolute Gasteiger partial charge is 0.315 e. The van der Waals surface area contributed by atoms with Crippen LogP contribution in [0.3, 0.4) is 0 Å². The molecule has 1 saturated carbocycles. The summed E-state index contributed by atoms with van der Waals surface area (Å²) in [5, 5.41) is 18.1. The highest BCUT2D eigenvalue weighted by atomic mass is 16.5. The average Bonchev–Trinajstić information content (AvgIpc) is 2.50. The molecule has 0 aromatic rings. The number of nitrogens with one attached hydrogen (secondary N) is 3. The molecule has 0 spiro atoms. The Hall–Kier alpha value is -1.34. The molecule has 3 amide bonds. The molecule has 1 saturated heterocycles. The van der Waals surface area contributed by atoms with E-state index in [0.29, 0.717) is 31.8 Å². The van der Waals surface area contributed by atoms with E-state index in [1.54, 1.807) is 0 Å². The van der Waals surface area contributed by atoms with Gasteiger partial charge in [-0.2, -0.15) is 0 Å². The van der Waals surface area contributed by atoms with Crippen LogP contribution in [-0.2, 0) is 9.53 Å². The van der Waals surface area contributed by atoms with Gasteiger partial charge >= 0.3 is 6.03 Å². The van der Waals surface area contributed by atoms with E-state index in [4.69, 9.17) is 4.74 Å². The number of carbonyl (C=O) groups is 2. The molecule has 2 fully saturated rings. The second kappa shape index (κ2) is 9.08. The second-order valence-electron chi connectivity index (χ2n) is 6.46. The fourth-order valence-corrected chi connectivity index (χ4v) is 2.95. The minimum atomic E-state index is -0.461. The Labute approximate surface area is 137 Å². The summed E-state index contributed by atoms with van der Waals surface area (Å²) < 4.78 is 5.80. The van der Waals surface area contributed by atoms with E-state index >= 15 is 0 Å². The van der Waals surface area contributed by atoms with Crippen molar-refractivity contribution in [1.29, 1.82) is 0 Å².